The number of hydrogen-bond donors (Lipinski definition) is 2. The molecule has 0 saturated carbocycles. The van der Waals surface area contributed by atoms with Crippen LogP contribution in [0.3, 0.4) is 0 Å². The standard InChI is InChI=1S/C27H28ClN9O2/c1-7-25(38)32-20-13-21(24(39-6)14-22(20)36(5)11-10-35(3)4)33-27-30-15-18(28)26(34-27)37-16-31-19-9-8-17(29-2)12-23(19)37/h7-9,12-16H,1,10-11H2,3-6H3,(H,32,38)(H,30,33,34). The summed E-state index contributed by atoms with van der Waals surface area (Å²) in [5, 5.41) is 6.36. The molecule has 200 valence electrons. The van der Waals surface area contributed by atoms with Crippen LogP contribution in [-0.2, 0) is 4.79 Å². The van der Waals surface area contributed by atoms with Crippen molar-refractivity contribution < 1.29 is 9.53 Å². The molecule has 0 aliphatic heterocycles. The monoisotopic (exact) mass is 545 g/mol. The van der Waals surface area contributed by atoms with Crippen molar-refractivity contribution in [3.63, 3.8) is 0 Å². The Morgan fingerprint density at radius 1 is 1.21 bits per heavy atom. The molecule has 0 aliphatic carbocycles. The van der Waals surface area contributed by atoms with Crippen LogP contribution in [-0.4, -0.2) is 71.7 Å². The molecule has 12 heteroatoms. The molecule has 1 amide bonds. The lowest BCUT2D eigenvalue weighted by atomic mass is 10.2. The van der Waals surface area contributed by atoms with Gasteiger partial charge in [-0.05, 0) is 38.4 Å². The molecular weight excluding hydrogens is 518 g/mol. The summed E-state index contributed by atoms with van der Waals surface area (Å²) in [4.78, 5) is 33.2. The summed E-state index contributed by atoms with van der Waals surface area (Å²) < 4.78 is 7.38. The molecule has 0 radical (unpaired) electrons. The minimum absolute atomic E-state index is 0.241. The van der Waals surface area contributed by atoms with Crippen LogP contribution in [0, 0.1) is 6.57 Å². The molecule has 2 N–H and O–H groups in total. The number of likely N-dealkylation sites (N-methyl/N-ethyl adjacent to an activating group) is 2. The van der Waals surface area contributed by atoms with Gasteiger partial charge in [0.25, 0.3) is 0 Å². The number of aromatic nitrogens is 4. The first-order chi connectivity index (χ1) is 18.7. The Morgan fingerprint density at radius 2 is 2.00 bits per heavy atom. The fourth-order valence-corrected chi connectivity index (χ4v) is 4.03. The van der Waals surface area contributed by atoms with E-state index < -0.39 is 0 Å². The van der Waals surface area contributed by atoms with Crippen LogP contribution in [0.25, 0.3) is 21.7 Å². The number of hydrogen-bond acceptors (Lipinski definition) is 8. The van der Waals surface area contributed by atoms with Gasteiger partial charge in [0.2, 0.25) is 11.9 Å². The molecule has 2 aromatic carbocycles. The number of benzene rings is 2. The summed E-state index contributed by atoms with van der Waals surface area (Å²) in [7, 11) is 7.50. The van der Waals surface area contributed by atoms with Gasteiger partial charge in [0.15, 0.2) is 11.5 Å². The molecule has 2 heterocycles. The molecule has 0 spiro atoms. The lowest BCUT2D eigenvalue weighted by Crippen LogP contribution is -2.29. The molecule has 4 rings (SSSR count). The van der Waals surface area contributed by atoms with Gasteiger partial charge in [-0.3, -0.25) is 9.36 Å². The predicted octanol–water partition coefficient (Wildman–Crippen LogP) is 4.89. The van der Waals surface area contributed by atoms with Crippen molar-refractivity contribution in [2.75, 3.05) is 56.9 Å². The van der Waals surface area contributed by atoms with Gasteiger partial charge in [-0.2, -0.15) is 4.98 Å². The quantitative estimate of drug-likeness (QED) is 0.214. The van der Waals surface area contributed by atoms with E-state index in [0.717, 1.165) is 18.8 Å². The SMILES string of the molecule is [C-]#[N+]c1ccc2ncn(-c3nc(Nc4cc(NC(=O)C=C)c(N(C)CCN(C)C)cc4OC)ncc3Cl)c2c1. The first-order valence-corrected chi connectivity index (χ1v) is 12.3. The number of carbonyl (C=O) groups is 1. The summed E-state index contributed by atoms with van der Waals surface area (Å²) in [5.74, 6) is 0.806. The molecule has 0 unspecified atom stereocenters. The summed E-state index contributed by atoms with van der Waals surface area (Å²) in [6.07, 6.45) is 4.29. The zero-order chi connectivity index (χ0) is 28.1. The zero-order valence-corrected chi connectivity index (χ0v) is 22.8. The van der Waals surface area contributed by atoms with Crippen molar-refractivity contribution in [2.24, 2.45) is 0 Å². The average molecular weight is 546 g/mol. The largest absolute Gasteiger partial charge is 0.494 e. The highest BCUT2D eigenvalue weighted by Gasteiger charge is 2.18. The number of fused-ring (bicyclic) bond motifs is 1. The van der Waals surface area contributed by atoms with E-state index in [1.807, 2.05) is 32.1 Å². The van der Waals surface area contributed by atoms with Crippen molar-refractivity contribution in [3.05, 3.63) is 72.0 Å². The third-order valence-corrected chi connectivity index (χ3v) is 6.18. The molecule has 39 heavy (non-hydrogen) atoms. The third kappa shape index (κ3) is 6.09. The maximum absolute atomic E-state index is 12.2. The fourth-order valence-electron chi connectivity index (χ4n) is 3.85. The second kappa shape index (κ2) is 11.8. The van der Waals surface area contributed by atoms with Crippen molar-refractivity contribution in [3.8, 4) is 11.6 Å². The minimum Gasteiger partial charge on any atom is -0.494 e. The van der Waals surface area contributed by atoms with E-state index in [0.29, 0.717) is 44.7 Å². The highest BCUT2D eigenvalue weighted by atomic mass is 35.5. The Hall–Kier alpha value is -4.66. The number of methoxy groups -OCH3 is 1. The molecule has 0 fully saturated rings. The molecular formula is C27H28ClN9O2. The van der Waals surface area contributed by atoms with E-state index >= 15 is 0 Å². The Balaban J connectivity index is 1.74. The van der Waals surface area contributed by atoms with E-state index in [1.165, 1.54) is 12.3 Å². The second-order valence-corrected chi connectivity index (χ2v) is 9.28. The van der Waals surface area contributed by atoms with Crippen LogP contribution in [0.1, 0.15) is 0 Å². The van der Waals surface area contributed by atoms with Crippen molar-refractivity contribution in [1.82, 2.24) is 24.4 Å². The first-order valence-electron chi connectivity index (χ1n) is 11.9. The van der Waals surface area contributed by atoms with E-state index in [9.17, 15) is 4.79 Å². The van der Waals surface area contributed by atoms with Gasteiger partial charge in [0.05, 0.1) is 48.0 Å². The molecule has 0 bridgehead atoms. The zero-order valence-electron chi connectivity index (χ0n) is 22.1. The van der Waals surface area contributed by atoms with Crippen molar-refractivity contribution in [1.29, 1.82) is 0 Å². The summed E-state index contributed by atoms with van der Waals surface area (Å²) >= 11 is 6.48. The van der Waals surface area contributed by atoms with E-state index in [4.69, 9.17) is 22.9 Å². The highest BCUT2D eigenvalue weighted by molar-refractivity contribution is 6.32. The lowest BCUT2D eigenvalue weighted by Gasteiger charge is -2.26. The highest BCUT2D eigenvalue weighted by Crippen LogP contribution is 2.38. The number of amides is 1. The molecule has 11 nitrogen and oxygen atoms in total. The topological polar surface area (TPSA) is 105 Å². The number of carbonyl (C=O) groups excluding carboxylic acids is 1. The minimum atomic E-state index is -0.343. The molecule has 0 saturated heterocycles. The fraction of sp³-hybridized carbons (Fsp3) is 0.222. The Bertz CT molecular complexity index is 1580. The van der Waals surface area contributed by atoms with Gasteiger partial charge in [0, 0.05) is 26.2 Å². The second-order valence-electron chi connectivity index (χ2n) is 8.88. The number of nitrogens with zero attached hydrogens (tertiary/aromatic N) is 7. The maximum atomic E-state index is 12.2. The maximum Gasteiger partial charge on any atom is 0.247 e. The molecule has 4 aromatic rings. The molecule has 0 atom stereocenters. The molecule has 0 aliphatic rings. The third-order valence-electron chi connectivity index (χ3n) is 5.92. The van der Waals surface area contributed by atoms with Crippen LogP contribution in [0.4, 0.5) is 28.7 Å². The Morgan fingerprint density at radius 3 is 2.69 bits per heavy atom. The number of rotatable bonds is 10. The van der Waals surface area contributed by atoms with Gasteiger partial charge in [-0.25, -0.2) is 14.8 Å². The average Bonchev–Trinajstić information content (AvgIpc) is 3.35. The van der Waals surface area contributed by atoms with E-state index in [2.05, 4.69) is 41.9 Å². The van der Waals surface area contributed by atoms with Crippen LogP contribution in [0.15, 0.2) is 55.5 Å². The summed E-state index contributed by atoms with van der Waals surface area (Å²) in [6.45, 7) is 12.4. The normalized spacial score (nSPS) is 10.8. The van der Waals surface area contributed by atoms with E-state index in [1.54, 1.807) is 42.3 Å². The van der Waals surface area contributed by atoms with Crippen LogP contribution in [0.5, 0.6) is 5.75 Å². The van der Waals surface area contributed by atoms with Crippen LogP contribution < -0.4 is 20.3 Å². The van der Waals surface area contributed by atoms with Gasteiger partial charge < -0.3 is 25.2 Å². The number of ether oxygens (including phenoxy) is 1. The predicted molar refractivity (Wildman–Crippen MR) is 155 cm³/mol. The van der Waals surface area contributed by atoms with Crippen LogP contribution >= 0.6 is 11.6 Å². The Labute approximate surface area is 231 Å². The lowest BCUT2D eigenvalue weighted by molar-refractivity contribution is -0.111. The summed E-state index contributed by atoms with van der Waals surface area (Å²) in [6, 6.07) is 8.80. The van der Waals surface area contributed by atoms with Gasteiger partial charge in [-0.1, -0.05) is 24.2 Å². The molecule has 2 aromatic heterocycles. The van der Waals surface area contributed by atoms with Crippen LogP contribution in [0.2, 0.25) is 5.02 Å². The number of anilines is 4. The first kappa shape index (κ1) is 27.4. The number of halogens is 1. The van der Waals surface area contributed by atoms with Gasteiger partial charge in [-0.15, -0.1) is 0 Å². The van der Waals surface area contributed by atoms with Gasteiger partial charge >= 0.3 is 0 Å². The van der Waals surface area contributed by atoms with Crippen molar-refractivity contribution in [2.45, 2.75) is 0 Å². The van der Waals surface area contributed by atoms with Gasteiger partial charge in [0.1, 0.15) is 17.1 Å². The number of imidazole rings is 1. The summed E-state index contributed by atoms with van der Waals surface area (Å²) in [5.41, 5.74) is 3.72. The smallest absolute Gasteiger partial charge is 0.247 e. The number of nitrogens with one attached hydrogen (secondary N) is 2. The van der Waals surface area contributed by atoms with E-state index in [-0.39, 0.29) is 11.9 Å². The van der Waals surface area contributed by atoms with Crippen molar-refractivity contribution >= 4 is 57.2 Å². The Kier molecular flexibility index (Phi) is 8.29.